The average molecular weight is 563 g/mol. The Morgan fingerprint density at radius 3 is 2.29 bits per heavy atom. The zero-order valence-corrected chi connectivity index (χ0v) is 22.2. The number of nitrogens with zero attached hydrogens (tertiary/aromatic N) is 1. The first kappa shape index (κ1) is 26.4. The van der Waals surface area contributed by atoms with Gasteiger partial charge in [0.15, 0.2) is 12.4 Å². The number of esters is 1. The van der Waals surface area contributed by atoms with E-state index in [0.717, 1.165) is 31.4 Å². The van der Waals surface area contributed by atoms with Crippen molar-refractivity contribution < 1.29 is 32.4 Å². The standard InChI is InChI=1S/C26H27ClN2O8S/c1-36-22-5-3-19(29(32)33)10-21(22)28-38(34,35)23-9-18(2-4-20(23)27)25(31)37-14-24(30)26-11-15-6-16(12-26)8-17(7-15)13-26/h2-5,9-10,15-17,28H,6-8,11-14H2,1H3. The number of nitro groups is 1. The van der Waals surface area contributed by atoms with Gasteiger partial charge in [0.2, 0.25) is 0 Å². The first-order chi connectivity index (χ1) is 18.0. The molecule has 0 heterocycles. The molecule has 202 valence electrons. The molecule has 38 heavy (non-hydrogen) atoms. The lowest BCUT2D eigenvalue weighted by Gasteiger charge is -2.55. The Bertz CT molecular complexity index is 1390. The zero-order chi connectivity index (χ0) is 27.2. The Kier molecular flexibility index (Phi) is 6.85. The number of hydrogen-bond acceptors (Lipinski definition) is 8. The maximum atomic E-state index is 13.2. The van der Waals surface area contributed by atoms with E-state index >= 15 is 0 Å². The molecular formula is C26H27ClN2O8S. The molecule has 0 atom stereocenters. The van der Waals surface area contributed by atoms with Crippen molar-refractivity contribution in [3.8, 4) is 5.75 Å². The van der Waals surface area contributed by atoms with Crippen LogP contribution in [0.2, 0.25) is 5.02 Å². The lowest BCUT2D eigenvalue weighted by molar-refractivity contribution is -0.384. The number of ether oxygens (including phenoxy) is 2. The minimum Gasteiger partial charge on any atom is -0.495 e. The van der Waals surface area contributed by atoms with E-state index in [1.807, 2.05) is 0 Å². The molecule has 0 unspecified atom stereocenters. The van der Waals surface area contributed by atoms with Gasteiger partial charge < -0.3 is 9.47 Å². The van der Waals surface area contributed by atoms with Gasteiger partial charge in [0.05, 0.1) is 28.3 Å². The fourth-order valence-electron chi connectivity index (χ4n) is 6.74. The average Bonchev–Trinajstić information content (AvgIpc) is 2.86. The summed E-state index contributed by atoms with van der Waals surface area (Å²) in [7, 11) is -3.11. The number of anilines is 1. The van der Waals surface area contributed by atoms with Gasteiger partial charge in [-0.1, -0.05) is 11.6 Å². The van der Waals surface area contributed by atoms with Gasteiger partial charge in [0.25, 0.3) is 15.7 Å². The molecule has 0 radical (unpaired) electrons. The van der Waals surface area contributed by atoms with E-state index in [1.54, 1.807) is 0 Å². The third kappa shape index (κ3) is 4.96. The number of non-ortho nitro benzene ring substituents is 1. The minimum atomic E-state index is -4.40. The highest BCUT2D eigenvalue weighted by molar-refractivity contribution is 7.92. The van der Waals surface area contributed by atoms with Crippen LogP contribution in [0.5, 0.6) is 5.75 Å². The molecule has 0 saturated heterocycles. The highest BCUT2D eigenvalue weighted by atomic mass is 35.5. The highest BCUT2D eigenvalue weighted by Gasteiger charge is 2.54. The van der Waals surface area contributed by atoms with Crippen molar-refractivity contribution in [2.24, 2.45) is 23.2 Å². The smallest absolute Gasteiger partial charge is 0.338 e. The van der Waals surface area contributed by atoms with Gasteiger partial charge >= 0.3 is 5.97 Å². The number of carbonyl (C=O) groups excluding carboxylic acids is 2. The van der Waals surface area contributed by atoms with E-state index in [9.17, 15) is 28.1 Å². The summed E-state index contributed by atoms with van der Waals surface area (Å²) in [5.74, 6) is 0.857. The second-order valence-electron chi connectivity index (χ2n) is 10.6. The maximum absolute atomic E-state index is 13.2. The predicted molar refractivity (Wildman–Crippen MR) is 138 cm³/mol. The molecule has 0 amide bonds. The molecule has 4 fully saturated rings. The number of rotatable bonds is 9. The molecule has 1 N–H and O–H groups in total. The van der Waals surface area contributed by atoms with E-state index in [1.165, 1.54) is 50.6 Å². The first-order valence-electron chi connectivity index (χ1n) is 12.3. The molecule has 0 aliphatic heterocycles. The molecule has 0 aromatic heterocycles. The molecule has 12 heteroatoms. The quantitative estimate of drug-likeness (QED) is 0.255. The van der Waals surface area contributed by atoms with E-state index in [0.29, 0.717) is 17.8 Å². The van der Waals surface area contributed by atoms with Crippen LogP contribution < -0.4 is 9.46 Å². The number of nitro benzene ring substituents is 1. The fourth-order valence-corrected chi connectivity index (χ4v) is 8.33. The lowest BCUT2D eigenvalue weighted by atomic mass is 9.48. The maximum Gasteiger partial charge on any atom is 0.338 e. The van der Waals surface area contributed by atoms with Crippen LogP contribution in [-0.4, -0.2) is 38.8 Å². The summed E-state index contributed by atoms with van der Waals surface area (Å²) in [6, 6.07) is 7.03. The van der Waals surface area contributed by atoms with Crippen molar-refractivity contribution in [2.75, 3.05) is 18.4 Å². The number of ketones is 1. The van der Waals surface area contributed by atoms with Crippen LogP contribution in [0.15, 0.2) is 41.3 Å². The number of carbonyl (C=O) groups is 2. The van der Waals surface area contributed by atoms with Crippen molar-refractivity contribution in [2.45, 2.75) is 43.4 Å². The second kappa shape index (κ2) is 9.85. The molecule has 0 spiro atoms. The van der Waals surface area contributed by atoms with Crippen LogP contribution in [0.4, 0.5) is 11.4 Å². The van der Waals surface area contributed by atoms with Gasteiger partial charge in [0, 0.05) is 17.5 Å². The van der Waals surface area contributed by atoms with Crippen LogP contribution in [0, 0.1) is 33.3 Å². The van der Waals surface area contributed by atoms with E-state index in [4.69, 9.17) is 21.1 Å². The van der Waals surface area contributed by atoms with Crippen LogP contribution in [0.1, 0.15) is 48.9 Å². The van der Waals surface area contributed by atoms with Crippen molar-refractivity contribution in [3.05, 3.63) is 57.1 Å². The van der Waals surface area contributed by atoms with Gasteiger partial charge in [-0.3, -0.25) is 19.6 Å². The Labute approximate surface area is 224 Å². The number of Topliss-reactive ketones (excluding diaryl/α,β-unsaturated/α-hetero) is 1. The third-order valence-corrected chi connectivity index (χ3v) is 9.91. The van der Waals surface area contributed by atoms with Crippen LogP contribution in [0.3, 0.4) is 0 Å². The molecule has 4 aliphatic rings. The summed E-state index contributed by atoms with van der Waals surface area (Å²) < 4.78 is 39.0. The number of sulfonamides is 1. The summed E-state index contributed by atoms with van der Waals surface area (Å²) in [6.07, 6.45) is 6.11. The number of benzene rings is 2. The van der Waals surface area contributed by atoms with Crippen molar-refractivity contribution in [3.63, 3.8) is 0 Å². The summed E-state index contributed by atoms with van der Waals surface area (Å²) in [5.41, 5.74) is -1.04. The fraction of sp³-hybridized carbons (Fsp3) is 0.462. The summed E-state index contributed by atoms with van der Waals surface area (Å²) in [4.78, 5) is 36.0. The highest BCUT2D eigenvalue weighted by Crippen LogP contribution is 2.60. The van der Waals surface area contributed by atoms with Gasteiger partial charge in [-0.2, -0.15) is 0 Å². The van der Waals surface area contributed by atoms with Crippen LogP contribution in [0.25, 0.3) is 0 Å². The molecule has 4 bridgehead atoms. The topological polar surface area (TPSA) is 142 Å². The van der Waals surface area contributed by atoms with E-state index in [-0.39, 0.29) is 40.1 Å². The van der Waals surface area contributed by atoms with Crippen molar-refractivity contribution in [1.82, 2.24) is 0 Å². The molecule has 4 aliphatic carbocycles. The van der Waals surface area contributed by atoms with Gasteiger partial charge in [0.1, 0.15) is 10.6 Å². The number of methoxy groups -OCH3 is 1. The summed E-state index contributed by atoms with van der Waals surface area (Å²) >= 11 is 6.15. The number of hydrogen-bond donors (Lipinski definition) is 1. The molecule has 4 saturated carbocycles. The first-order valence-corrected chi connectivity index (χ1v) is 14.2. The number of nitrogens with one attached hydrogen (secondary N) is 1. The Morgan fingerprint density at radius 1 is 1.08 bits per heavy atom. The van der Waals surface area contributed by atoms with Gasteiger partial charge in [-0.05, 0) is 80.5 Å². The molecular weight excluding hydrogens is 536 g/mol. The van der Waals surface area contributed by atoms with Crippen LogP contribution >= 0.6 is 11.6 Å². The molecule has 10 nitrogen and oxygen atoms in total. The Hall–Kier alpha value is -3.18. The Balaban J connectivity index is 1.31. The molecule has 2 aromatic rings. The third-order valence-electron chi connectivity index (χ3n) is 8.06. The zero-order valence-electron chi connectivity index (χ0n) is 20.6. The Morgan fingerprint density at radius 2 is 1.71 bits per heavy atom. The predicted octanol–water partition coefficient (Wildman–Crippen LogP) is 5.00. The largest absolute Gasteiger partial charge is 0.495 e. The van der Waals surface area contributed by atoms with Gasteiger partial charge in [-0.15, -0.1) is 0 Å². The monoisotopic (exact) mass is 562 g/mol. The molecule has 2 aromatic carbocycles. The summed E-state index contributed by atoms with van der Waals surface area (Å²) in [6.45, 7) is -0.362. The second-order valence-corrected chi connectivity index (χ2v) is 12.6. The van der Waals surface area contributed by atoms with E-state index < -0.39 is 31.2 Å². The summed E-state index contributed by atoms with van der Waals surface area (Å²) in [5, 5.41) is 11.0. The lowest BCUT2D eigenvalue weighted by Crippen LogP contribution is -2.51. The number of halogens is 1. The van der Waals surface area contributed by atoms with Crippen molar-refractivity contribution in [1.29, 1.82) is 0 Å². The minimum absolute atomic E-state index is 0.0500. The van der Waals surface area contributed by atoms with Gasteiger partial charge in [-0.25, -0.2) is 13.2 Å². The SMILES string of the molecule is COc1ccc([N+](=O)[O-])cc1NS(=O)(=O)c1cc(C(=O)OCC(=O)C23CC4CC(CC(C4)C2)C3)ccc1Cl. The van der Waals surface area contributed by atoms with E-state index in [2.05, 4.69) is 4.72 Å². The van der Waals surface area contributed by atoms with Crippen molar-refractivity contribution >= 4 is 44.8 Å². The normalized spacial score (nSPS) is 25.6. The molecule has 6 rings (SSSR count). The van der Waals surface area contributed by atoms with Crippen LogP contribution in [-0.2, 0) is 19.6 Å².